The molecule has 11 heavy (non-hydrogen) atoms. The lowest BCUT2D eigenvalue weighted by Crippen LogP contribution is -1.93. The van der Waals surface area contributed by atoms with Crippen LogP contribution in [0.1, 0.15) is 10.4 Å². The third kappa shape index (κ3) is 1.67. The fraction of sp³-hybridized carbons (Fsp3) is 0. The number of nitrogens with two attached hydrogens (primary N) is 1. The van der Waals surface area contributed by atoms with Gasteiger partial charge in [0.25, 0.3) is 0 Å². The number of ketones is 1. The van der Waals surface area contributed by atoms with E-state index in [1.54, 1.807) is 24.3 Å². The van der Waals surface area contributed by atoms with Gasteiger partial charge in [-0.05, 0) is 30.3 Å². The molecule has 0 heterocycles. The van der Waals surface area contributed by atoms with Crippen LogP contribution in [0.3, 0.4) is 0 Å². The van der Waals surface area contributed by atoms with Gasteiger partial charge in [-0.2, -0.15) is 0 Å². The van der Waals surface area contributed by atoms with Crippen molar-refractivity contribution in [2.75, 3.05) is 5.73 Å². The molecule has 0 saturated heterocycles. The number of allylic oxidation sites excluding steroid dienone is 1. The number of carbonyl (C=O) groups excluding carboxylic acids is 1. The van der Waals surface area contributed by atoms with Crippen LogP contribution in [0.2, 0.25) is 0 Å². The van der Waals surface area contributed by atoms with Crippen molar-refractivity contribution >= 4 is 11.5 Å². The van der Waals surface area contributed by atoms with E-state index in [0.29, 0.717) is 11.3 Å². The Labute approximate surface area is 65.3 Å². The molecule has 2 nitrogen and oxygen atoms in total. The Balaban J connectivity index is 2.98. The van der Waals surface area contributed by atoms with Crippen LogP contribution in [0.4, 0.5) is 5.69 Å². The summed E-state index contributed by atoms with van der Waals surface area (Å²) in [6.07, 6.45) is 1.03. The summed E-state index contributed by atoms with van der Waals surface area (Å²) >= 11 is 0. The number of anilines is 1. The second-order valence-electron chi connectivity index (χ2n) is 2.15. The van der Waals surface area contributed by atoms with Crippen LogP contribution >= 0.6 is 0 Å². The molecule has 0 fully saturated rings. The molecule has 2 heteroatoms. The van der Waals surface area contributed by atoms with Crippen molar-refractivity contribution in [3.63, 3.8) is 0 Å². The Morgan fingerprint density at radius 2 is 1.91 bits per heavy atom. The number of rotatable bonds is 2. The molecule has 0 spiro atoms. The molecule has 0 aliphatic heterocycles. The molecule has 0 aliphatic carbocycles. The summed E-state index contributed by atoms with van der Waals surface area (Å²) < 4.78 is 0. The van der Waals surface area contributed by atoms with Crippen LogP contribution < -0.4 is 5.73 Å². The summed E-state index contributed by atoms with van der Waals surface area (Å²) in [6, 6.07) is 6.61. The lowest BCUT2D eigenvalue weighted by atomic mass is 10.1. The van der Waals surface area contributed by atoms with Gasteiger partial charge in [0.15, 0.2) is 5.78 Å². The zero-order valence-corrected chi connectivity index (χ0v) is 5.95. The topological polar surface area (TPSA) is 43.1 Å². The van der Waals surface area contributed by atoms with Gasteiger partial charge in [0.2, 0.25) is 0 Å². The quantitative estimate of drug-likeness (QED) is 0.389. The lowest BCUT2D eigenvalue weighted by Gasteiger charge is -1.94. The molecular formula is C9H8NO. The van der Waals surface area contributed by atoms with Crippen molar-refractivity contribution in [1.82, 2.24) is 0 Å². The Hall–Kier alpha value is -1.57. The first-order valence-electron chi connectivity index (χ1n) is 3.19. The van der Waals surface area contributed by atoms with E-state index in [-0.39, 0.29) is 5.78 Å². The molecule has 0 atom stereocenters. The van der Waals surface area contributed by atoms with Gasteiger partial charge in [-0.1, -0.05) is 6.58 Å². The van der Waals surface area contributed by atoms with Gasteiger partial charge in [-0.25, -0.2) is 0 Å². The second kappa shape index (κ2) is 3.01. The Kier molecular flexibility index (Phi) is 2.06. The summed E-state index contributed by atoms with van der Waals surface area (Å²) in [4.78, 5) is 10.9. The van der Waals surface area contributed by atoms with E-state index in [9.17, 15) is 4.79 Å². The second-order valence-corrected chi connectivity index (χ2v) is 2.15. The minimum absolute atomic E-state index is 0.190. The van der Waals surface area contributed by atoms with Gasteiger partial charge in [-0.15, -0.1) is 0 Å². The van der Waals surface area contributed by atoms with Crippen molar-refractivity contribution in [3.8, 4) is 0 Å². The summed E-state index contributed by atoms with van der Waals surface area (Å²) in [5.41, 5.74) is 6.61. The summed E-state index contributed by atoms with van der Waals surface area (Å²) in [5, 5.41) is 0. The van der Waals surface area contributed by atoms with Crippen molar-refractivity contribution in [3.05, 3.63) is 42.5 Å². The van der Waals surface area contributed by atoms with Gasteiger partial charge >= 0.3 is 0 Å². The van der Waals surface area contributed by atoms with Crippen LogP contribution in [0, 0.1) is 6.58 Å². The van der Waals surface area contributed by atoms with Gasteiger partial charge in [0.05, 0.1) is 0 Å². The van der Waals surface area contributed by atoms with Crippen molar-refractivity contribution < 1.29 is 4.79 Å². The number of nitrogen functional groups attached to an aromatic ring is 1. The lowest BCUT2D eigenvalue weighted by molar-refractivity contribution is 0.104. The monoisotopic (exact) mass is 146 g/mol. The molecule has 0 amide bonds. The summed E-state index contributed by atoms with van der Waals surface area (Å²) in [7, 11) is 0. The Morgan fingerprint density at radius 1 is 1.36 bits per heavy atom. The number of benzene rings is 1. The zero-order valence-electron chi connectivity index (χ0n) is 5.95. The fourth-order valence-corrected chi connectivity index (χ4v) is 0.744. The highest BCUT2D eigenvalue weighted by atomic mass is 16.1. The molecule has 0 bridgehead atoms. The first-order chi connectivity index (χ1) is 5.24. The van der Waals surface area contributed by atoms with Crippen molar-refractivity contribution in [2.24, 2.45) is 0 Å². The van der Waals surface area contributed by atoms with E-state index in [1.807, 2.05) is 0 Å². The molecule has 0 saturated carbocycles. The average Bonchev–Trinajstić information content (AvgIpc) is 2.05. The van der Waals surface area contributed by atoms with E-state index in [1.165, 1.54) is 0 Å². The fourth-order valence-electron chi connectivity index (χ4n) is 0.744. The molecule has 0 aliphatic rings. The predicted octanol–water partition coefficient (Wildman–Crippen LogP) is 1.44. The summed E-state index contributed by atoms with van der Waals surface area (Å²) in [5.74, 6) is -0.190. The smallest absolute Gasteiger partial charge is 0.185 e. The van der Waals surface area contributed by atoms with Crippen LogP contribution in [0.5, 0.6) is 0 Å². The normalized spacial score (nSPS) is 9.09. The van der Waals surface area contributed by atoms with Gasteiger partial charge < -0.3 is 5.73 Å². The largest absolute Gasteiger partial charge is 0.399 e. The molecule has 55 valence electrons. The first-order valence-corrected chi connectivity index (χ1v) is 3.19. The summed E-state index contributed by atoms with van der Waals surface area (Å²) in [6.45, 7) is 5.04. The predicted molar refractivity (Wildman–Crippen MR) is 44.1 cm³/mol. The van der Waals surface area contributed by atoms with Crippen LogP contribution in [-0.4, -0.2) is 5.78 Å². The van der Waals surface area contributed by atoms with E-state index in [4.69, 9.17) is 12.3 Å². The number of hydrogen-bond donors (Lipinski definition) is 1. The highest BCUT2D eigenvalue weighted by molar-refractivity contribution is 6.04. The standard InChI is InChI=1S/C9H8NO/c1-2-9(11)7-3-5-8(10)6-4-7/h1-6H,10H2. The Bertz CT molecular complexity index is 274. The number of carbonyl (C=O) groups is 1. The zero-order chi connectivity index (χ0) is 8.27. The molecule has 1 aromatic carbocycles. The van der Waals surface area contributed by atoms with Gasteiger partial charge in [0, 0.05) is 11.3 Å². The van der Waals surface area contributed by atoms with Gasteiger partial charge in [-0.3, -0.25) is 4.79 Å². The highest BCUT2D eigenvalue weighted by Crippen LogP contribution is 2.05. The molecule has 0 unspecified atom stereocenters. The van der Waals surface area contributed by atoms with Crippen molar-refractivity contribution in [2.45, 2.75) is 0 Å². The van der Waals surface area contributed by atoms with Crippen molar-refractivity contribution in [1.29, 1.82) is 0 Å². The number of hydrogen-bond acceptors (Lipinski definition) is 2. The molecule has 2 N–H and O–H groups in total. The molecule has 1 radical (unpaired) electrons. The van der Waals surface area contributed by atoms with E-state index >= 15 is 0 Å². The third-order valence-electron chi connectivity index (χ3n) is 1.35. The highest BCUT2D eigenvalue weighted by Gasteiger charge is 1.97. The maximum Gasteiger partial charge on any atom is 0.185 e. The SMILES string of the molecule is [CH]=CC(=O)c1ccc(N)cc1. The van der Waals surface area contributed by atoms with E-state index in [2.05, 4.69) is 0 Å². The average molecular weight is 146 g/mol. The van der Waals surface area contributed by atoms with Crippen LogP contribution in [0.15, 0.2) is 30.3 Å². The Morgan fingerprint density at radius 3 is 2.36 bits per heavy atom. The minimum Gasteiger partial charge on any atom is -0.399 e. The molecule has 0 aromatic heterocycles. The maximum atomic E-state index is 10.9. The van der Waals surface area contributed by atoms with Gasteiger partial charge in [0.1, 0.15) is 0 Å². The minimum atomic E-state index is -0.190. The van der Waals surface area contributed by atoms with Crippen LogP contribution in [-0.2, 0) is 0 Å². The van der Waals surface area contributed by atoms with Crippen LogP contribution in [0.25, 0.3) is 0 Å². The molecular weight excluding hydrogens is 138 g/mol. The molecule has 1 rings (SSSR count). The third-order valence-corrected chi connectivity index (χ3v) is 1.35. The molecule has 1 aromatic rings. The maximum absolute atomic E-state index is 10.9. The van der Waals surface area contributed by atoms with E-state index < -0.39 is 0 Å². The van der Waals surface area contributed by atoms with E-state index in [0.717, 1.165) is 6.08 Å². The first kappa shape index (κ1) is 7.54.